The molecule has 0 saturated heterocycles. The number of nitrogens with zero attached hydrogens (tertiary/aromatic N) is 2. The third kappa shape index (κ3) is 3.30. The highest BCUT2D eigenvalue weighted by Crippen LogP contribution is 2.41. The first kappa shape index (κ1) is 16.9. The summed E-state index contributed by atoms with van der Waals surface area (Å²) in [7, 11) is 0. The summed E-state index contributed by atoms with van der Waals surface area (Å²) in [5.74, 6) is -0.220. The van der Waals surface area contributed by atoms with Crippen molar-refractivity contribution in [2.45, 2.75) is 31.0 Å². The van der Waals surface area contributed by atoms with Crippen molar-refractivity contribution < 1.29 is 9.53 Å². The number of hydrogen-bond acceptors (Lipinski definition) is 6. The quantitative estimate of drug-likeness (QED) is 0.375. The SMILES string of the molecule is CCOC(=O)C(C)Sc1ncnc2sc(C)c(-c3ccccc3)c12. The summed E-state index contributed by atoms with van der Waals surface area (Å²) in [4.78, 5) is 23.0. The smallest absolute Gasteiger partial charge is 0.319 e. The number of hydrogen-bond donors (Lipinski definition) is 0. The number of aryl methyl sites for hydroxylation is 1. The van der Waals surface area contributed by atoms with E-state index in [4.69, 9.17) is 4.74 Å². The molecular formula is C18H18N2O2S2. The van der Waals surface area contributed by atoms with Crippen LogP contribution in [0.15, 0.2) is 41.7 Å². The highest BCUT2D eigenvalue weighted by atomic mass is 32.2. The van der Waals surface area contributed by atoms with E-state index in [0.717, 1.165) is 26.4 Å². The third-order valence-electron chi connectivity index (χ3n) is 3.60. The van der Waals surface area contributed by atoms with Crippen molar-refractivity contribution in [1.29, 1.82) is 0 Å². The lowest BCUT2D eigenvalue weighted by molar-refractivity contribution is -0.142. The van der Waals surface area contributed by atoms with E-state index in [1.807, 2.05) is 32.0 Å². The Morgan fingerprint density at radius 1 is 1.29 bits per heavy atom. The maximum atomic E-state index is 12.0. The van der Waals surface area contributed by atoms with Gasteiger partial charge in [-0.2, -0.15) is 0 Å². The van der Waals surface area contributed by atoms with Crippen LogP contribution < -0.4 is 0 Å². The predicted octanol–water partition coefficient (Wildman–Crippen LogP) is 4.71. The van der Waals surface area contributed by atoms with Gasteiger partial charge in [0.15, 0.2) is 0 Å². The summed E-state index contributed by atoms with van der Waals surface area (Å²) < 4.78 is 5.11. The van der Waals surface area contributed by atoms with Crippen molar-refractivity contribution in [3.63, 3.8) is 0 Å². The Balaban J connectivity index is 2.08. The number of thiophene rings is 1. The van der Waals surface area contributed by atoms with Crippen molar-refractivity contribution in [3.8, 4) is 11.1 Å². The van der Waals surface area contributed by atoms with Gasteiger partial charge in [-0.3, -0.25) is 4.79 Å². The molecule has 24 heavy (non-hydrogen) atoms. The van der Waals surface area contributed by atoms with Crippen LogP contribution in [0.4, 0.5) is 0 Å². The van der Waals surface area contributed by atoms with Gasteiger partial charge in [0.2, 0.25) is 0 Å². The van der Waals surface area contributed by atoms with Gasteiger partial charge in [-0.15, -0.1) is 11.3 Å². The zero-order valence-electron chi connectivity index (χ0n) is 13.8. The second-order valence-electron chi connectivity index (χ2n) is 5.27. The second kappa shape index (κ2) is 7.32. The van der Waals surface area contributed by atoms with E-state index in [0.29, 0.717) is 6.61 Å². The summed E-state index contributed by atoms with van der Waals surface area (Å²) >= 11 is 3.08. The number of carbonyl (C=O) groups is 1. The number of thioether (sulfide) groups is 1. The molecule has 2 heterocycles. The minimum atomic E-state index is -0.313. The fourth-order valence-corrected chi connectivity index (χ4v) is 4.54. The summed E-state index contributed by atoms with van der Waals surface area (Å²) in [6, 6.07) is 10.2. The largest absolute Gasteiger partial charge is 0.465 e. The number of aromatic nitrogens is 2. The average Bonchev–Trinajstić information content (AvgIpc) is 2.92. The van der Waals surface area contributed by atoms with Gasteiger partial charge >= 0.3 is 5.97 Å². The molecule has 3 aromatic rings. The van der Waals surface area contributed by atoms with E-state index < -0.39 is 0 Å². The minimum absolute atomic E-state index is 0.220. The number of rotatable bonds is 5. The fraction of sp³-hybridized carbons (Fsp3) is 0.278. The van der Waals surface area contributed by atoms with E-state index in [2.05, 4.69) is 29.0 Å². The molecule has 0 spiro atoms. The van der Waals surface area contributed by atoms with Gasteiger partial charge in [-0.05, 0) is 26.3 Å². The summed E-state index contributed by atoms with van der Waals surface area (Å²) in [5, 5.41) is 1.53. The molecule has 0 radical (unpaired) electrons. The lowest BCUT2D eigenvalue weighted by Gasteiger charge is -2.11. The lowest BCUT2D eigenvalue weighted by Crippen LogP contribution is -2.16. The number of fused-ring (bicyclic) bond motifs is 1. The van der Waals surface area contributed by atoms with Crippen molar-refractivity contribution in [2.24, 2.45) is 0 Å². The topological polar surface area (TPSA) is 52.1 Å². The highest BCUT2D eigenvalue weighted by Gasteiger charge is 2.21. The molecule has 6 heteroatoms. The second-order valence-corrected chi connectivity index (χ2v) is 7.80. The van der Waals surface area contributed by atoms with Crippen LogP contribution in [-0.2, 0) is 9.53 Å². The zero-order chi connectivity index (χ0) is 17.1. The molecule has 0 saturated carbocycles. The van der Waals surface area contributed by atoms with Crippen LogP contribution in [0.3, 0.4) is 0 Å². The predicted molar refractivity (Wildman–Crippen MR) is 99.5 cm³/mol. The monoisotopic (exact) mass is 358 g/mol. The molecule has 0 aliphatic rings. The standard InChI is InChI=1S/C18H18N2O2S2/c1-4-22-18(21)12(3)24-17-15-14(13-8-6-5-7-9-13)11(2)23-16(15)19-10-20-17/h5-10,12H,4H2,1-3H3. The van der Waals surface area contributed by atoms with Crippen molar-refractivity contribution >= 4 is 39.3 Å². The Bertz CT molecular complexity index is 862. The molecule has 3 rings (SSSR count). The van der Waals surface area contributed by atoms with Crippen molar-refractivity contribution in [2.75, 3.05) is 6.61 Å². The Morgan fingerprint density at radius 2 is 2.04 bits per heavy atom. The molecule has 0 N–H and O–H groups in total. The average molecular weight is 358 g/mol. The summed E-state index contributed by atoms with van der Waals surface area (Å²) in [6.45, 7) is 6.14. The van der Waals surface area contributed by atoms with Crippen LogP contribution in [0.1, 0.15) is 18.7 Å². The van der Waals surface area contributed by atoms with Gasteiger partial charge < -0.3 is 4.74 Å². The van der Waals surface area contributed by atoms with Crippen molar-refractivity contribution in [1.82, 2.24) is 9.97 Å². The summed E-state index contributed by atoms with van der Waals surface area (Å²) in [5.41, 5.74) is 2.29. The zero-order valence-corrected chi connectivity index (χ0v) is 15.4. The van der Waals surface area contributed by atoms with Crippen LogP contribution >= 0.6 is 23.1 Å². The van der Waals surface area contributed by atoms with E-state index in [1.54, 1.807) is 17.7 Å². The fourth-order valence-electron chi connectivity index (χ4n) is 2.53. The first-order chi connectivity index (χ1) is 11.6. The first-order valence-electron chi connectivity index (χ1n) is 7.74. The van der Waals surface area contributed by atoms with Crippen LogP contribution in [0.2, 0.25) is 0 Å². The molecule has 0 bridgehead atoms. The van der Waals surface area contributed by atoms with E-state index in [1.165, 1.54) is 16.6 Å². The van der Waals surface area contributed by atoms with Gasteiger partial charge in [0.1, 0.15) is 21.4 Å². The van der Waals surface area contributed by atoms with E-state index in [9.17, 15) is 4.79 Å². The molecule has 1 unspecified atom stereocenters. The van der Waals surface area contributed by atoms with E-state index in [-0.39, 0.29) is 11.2 Å². The van der Waals surface area contributed by atoms with Gasteiger partial charge in [0.25, 0.3) is 0 Å². The molecule has 124 valence electrons. The Morgan fingerprint density at radius 3 is 2.75 bits per heavy atom. The molecule has 0 amide bonds. The molecular weight excluding hydrogens is 340 g/mol. The normalized spacial score (nSPS) is 12.3. The molecule has 0 fully saturated rings. The van der Waals surface area contributed by atoms with Gasteiger partial charge in [-0.25, -0.2) is 9.97 Å². The molecule has 0 aliphatic carbocycles. The van der Waals surface area contributed by atoms with Gasteiger partial charge in [0.05, 0.1) is 12.0 Å². The number of ether oxygens (including phenoxy) is 1. The molecule has 1 atom stereocenters. The number of benzene rings is 1. The maximum absolute atomic E-state index is 12.0. The number of carbonyl (C=O) groups excluding carboxylic acids is 1. The maximum Gasteiger partial charge on any atom is 0.319 e. The summed E-state index contributed by atoms with van der Waals surface area (Å²) in [6.07, 6.45) is 1.56. The first-order valence-corrected chi connectivity index (χ1v) is 9.44. The van der Waals surface area contributed by atoms with Crippen LogP contribution in [0.25, 0.3) is 21.3 Å². The Hall–Kier alpha value is -1.92. The van der Waals surface area contributed by atoms with Crippen molar-refractivity contribution in [3.05, 3.63) is 41.5 Å². The Labute approximate surface area is 149 Å². The van der Waals surface area contributed by atoms with Gasteiger partial charge in [0, 0.05) is 10.4 Å². The Kier molecular flexibility index (Phi) is 5.16. The molecule has 2 aromatic heterocycles. The molecule has 0 aliphatic heterocycles. The number of esters is 1. The minimum Gasteiger partial charge on any atom is -0.465 e. The van der Waals surface area contributed by atoms with Gasteiger partial charge in [-0.1, -0.05) is 42.1 Å². The van der Waals surface area contributed by atoms with E-state index >= 15 is 0 Å². The molecule has 1 aromatic carbocycles. The van der Waals surface area contributed by atoms with Crippen LogP contribution in [-0.4, -0.2) is 27.8 Å². The van der Waals surface area contributed by atoms with Crippen LogP contribution in [0.5, 0.6) is 0 Å². The highest BCUT2D eigenvalue weighted by molar-refractivity contribution is 8.00. The lowest BCUT2D eigenvalue weighted by atomic mass is 10.0. The molecule has 4 nitrogen and oxygen atoms in total. The van der Waals surface area contributed by atoms with Crippen LogP contribution in [0, 0.1) is 6.92 Å². The third-order valence-corrected chi connectivity index (χ3v) is 5.69.